The summed E-state index contributed by atoms with van der Waals surface area (Å²) in [6, 6.07) is 5.53. The highest BCUT2D eigenvalue weighted by molar-refractivity contribution is 9.10. The van der Waals surface area contributed by atoms with E-state index in [1.54, 1.807) is 9.80 Å². The number of urea groups is 1. The number of anilines is 2. The lowest BCUT2D eigenvalue weighted by Crippen LogP contribution is -2.47. The lowest BCUT2D eigenvalue weighted by atomic mass is 10.2. The Bertz CT molecular complexity index is 422. The van der Waals surface area contributed by atoms with Crippen molar-refractivity contribution in [3.63, 3.8) is 0 Å². The minimum Gasteiger partial charge on any atom is -0.399 e. The summed E-state index contributed by atoms with van der Waals surface area (Å²) in [5.74, 6) is 0. The number of nitrogens with two attached hydrogens (primary N) is 1. The van der Waals surface area contributed by atoms with E-state index < -0.39 is 0 Å². The van der Waals surface area contributed by atoms with E-state index >= 15 is 0 Å². The number of halogens is 1. The molecule has 2 N–H and O–H groups in total. The summed E-state index contributed by atoms with van der Waals surface area (Å²) >= 11 is 3.44. The van der Waals surface area contributed by atoms with Gasteiger partial charge >= 0.3 is 6.03 Å². The average molecular weight is 284 g/mol. The van der Waals surface area contributed by atoms with Crippen molar-refractivity contribution in [1.82, 2.24) is 4.90 Å². The number of amides is 2. The molecule has 1 aliphatic rings. The van der Waals surface area contributed by atoms with E-state index in [2.05, 4.69) is 15.9 Å². The molecular formula is C11H14BrN3O. The first-order valence-corrected chi connectivity index (χ1v) is 5.96. The van der Waals surface area contributed by atoms with Gasteiger partial charge in [0.25, 0.3) is 0 Å². The third kappa shape index (κ3) is 2.00. The fourth-order valence-electron chi connectivity index (χ4n) is 1.83. The van der Waals surface area contributed by atoms with E-state index in [0.29, 0.717) is 5.69 Å². The molecule has 1 aromatic carbocycles. The lowest BCUT2D eigenvalue weighted by Gasteiger charge is -2.33. The van der Waals surface area contributed by atoms with Crippen LogP contribution in [0.1, 0.15) is 6.42 Å². The second-order valence-corrected chi connectivity index (χ2v) is 4.77. The average Bonchev–Trinajstić information content (AvgIpc) is 2.23. The van der Waals surface area contributed by atoms with Gasteiger partial charge in [0.1, 0.15) is 0 Å². The van der Waals surface area contributed by atoms with Crippen molar-refractivity contribution < 1.29 is 4.79 Å². The van der Waals surface area contributed by atoms with Gasteiger partial charge in [-0.25, -0.2) is 4.79 Å². The maximum atomic E-state index is 12.0. The van der Waals surface area contributed by atoms with Gasteiger partial charge in [-0.2, -0.15) is 0 Å². The summed E-state index contributed by atoms with van der Waals surface area (Å²) < 4.78 is 0.858. The number of nitrogen functional groups attached to an aromatic ring is 1. The van der Waals surface area contributed by atoms with Gasteiger partial charge in [-0.05, 0) is 40.5 Å². The molecule has 1 aliphatic heterocycles. The zero-order valence-corrected chi connectivity index (χ0v) is 10.7. The van der Waals surface area contributed by atoms with Crippen LogP contribution in [0, 0.1) is 0 Å². The van der Waals surface area contributed by atoms with Gasteiger partial charge in [0, 0.05) is 30.3 Å². The zero-order valence-electron chi connectivity index (χ0n) is 9.11. The second kappa shape index (κ2) is 4.33. The number of hydrogen-bond donors (Lipinski definition) is 1. The Morgan fingerprint density at radius 3 is 2.81 bits per heavy atom. The fraction of sp³-hybridized carbons (Fsp3) is 0.364. The molecule has 0 aromatic heterocycles. The molecule has 16 heavy (non-hydrogen) atoms. The topological polar surface area (TPSA) is 49.6 Å². The third-order valence-corrected chi connectivity index (χ3v) is 3.33. The third-order valence-electron chi connectivity index (χ3n) is 2.70. The van der Waals surface area contributed by atoms with Crippen LogP contribution in [0.5, 0.6) is 0 Å². The molecular weight excluding hydrogens is 270 g/mol. The highest BCUT2D eigenvalue weighted by Crippen LogP contribution is 2.30. The molecule has 0 radical (unpaired) electrons. The second-order valence-electron chi connectivity index (χ2n) is 3.92. The first kappa shape index (κ1) is 11.3. The van der Waals surface area contributed by atoms with Gasteiger partial charge in [0.05, 0.1) is 5.69 Å². The fourth-order valence-corrected chi connectivity index (χ4v) is 2.44. The molecule has 86 valence electrons. The van der Waals surface area contributed by atoms with Gasteiger partial charge in [-0.15, -0.1) is 0 Å². The number of carbonyl (C=O) groups is 1. The Kier molecular flexibility index (Phi) is 3.05. The van der Waals surface area contributed by atoms with E-state index in [0.717, 1.165) is 29.7 Å². The largest absolute Gasteiger partial charge is 0.399 e. The number of benzene rings is 1. The van der Waals surface area contributed by atoms with Crippen LogP contribution in [-0.2, 0) is 0 Å². The first-order valence-electron chi connectivity index (χ1n) is 5.17. The van der Waals surface area contributed by atoms with E-state index in [1.165, 1.54) is 0 Å². The van der Waals surface area contributed by atoms with Gasteiger partial charge in [0.15, 0.2) is 0 Å². The number of rotatable bonds is 1. The van der Waals surface area contributed by atoms with Crippen molar-refractivity contribution in [2.24, 2.45) is 0 Å². The Morgan fingerprint density at radius 1 is 1.38 bits per heavy atom. The van der Waals surface area contributed by atoms with Crippen LogP contribution >= 0.6 is 15.9 Å². The van der Waals surface area contributed by atoms with Crippen molar-refractivity contribution in [2.45, 2.75) is 6.42 Å². The maximum Gasteiger partial charge on any atom is 0.324 e. The van der Waals surface area contributed by atoms with Gasteiger partial charge < -0.3 is 10.6 Å². The summed E-state index contributed by atoms with van der Waals surface area (Å²) in [5, 5.41) is 0. The molecule has 1 aromatic rings. The minimum absolute atomic E-state index is 0.0386. The van der Waals surface area contributed by atoms with Crippen LogP contribution in [0.15, 0.2) is 22.7 Å². The van der Waals surface area contributed by atoms with E-state index in [1.807, 2.05) is 25.2 Å². The molecule has 0 unspecified atom stereocenters. The number of carbonyl (C=O) groups excluding carboxylic acids is 1. The normalized spacial score (nSPS) is 16.8. The predicted octanol–water partition coefficient (Wildman–Crippen LogP) is 2.29. The molecule has 4 nitrogen and oxygen atoms in total. The molecule has 1 saturated heterocycles. The Morgan fingerprint density at radius 2 is 2.12 bits per heavy atom. The van der Waals surface area contributed by atoms with Crippen molar-refractivity contribution in [1.29, 1.82) is 0 Å². The summed E-state index contributed by atoms with van der Waals surface area (Å²) in [6.45, 7) is 1.58. The molecule has 2 amide bonds. The standard InChI is InChI=1S/C11H14BrN3O/c1-14-5-2-6-15(11(14)16)10-4-3-8(13)7-9(10)12/h3-4,7H,2,5-6,13H2,1H3. The summed E-state index contributed by atoms with van der Waals surface area (Å²) in [4.78, 5) is 15.5. The molecule has 1 heterocycles. The van der Waals surface area contributed by atoms with Crippen LogP contribution in [0.25, 0.3) is 0 Å². The van der Waals surface area contributed by atoms with E-state index in [4.69, 9.17) is 5.73 Å². The first-order chi connectivity index (χ1) is 7.59. The number of nitrogens with zero attached hydrogens (tertiary/aromatic N) is 2. The van der Waals surface area contributed by atoms with E-state index in [-0.39, 0.29) is 6.03 Å². The highest BCUT2D eigenvalue weighted by Gasteiger charge is 2.25. The van der Waals surface area contributed by atoms with Crippen molar-refractivity contribution in [2.75, 3.05) is 30.8 Å². The Labute approximate surface area is 103 Å². The van der Waals surface area contributed by atoms with Crippen molar-refractivity contribution in [3.8, 4) is 0 Å². The summed E-state index contributed by atoms with van der Waals surface area (Å²) in [7, 11) is 1.82. The van der Waals surface area contributed by atoms with Crippen molar-refractivity contribution >= 4 is 33.3 Å². The highest BCUT2D eigenvalue weighted by atomic mass is 79.9. The lowest BCUT2D eigenvalue weighted by molar-refractivity contribution is 0.207. The number of hydrogen-bond acceptors (Lipinski definition) is 2. The molecule has 0 aliphatic carbocycles. The van der Waals surface area contributed by atoms with Crippen molar-refractivity contribution in [3.05, 3.63) is 22.7 Å². The van der Waals surface area contributed by atoms with E-state index in [9.17, 15) is 4.79 Å². The SMILES string of the molecule is CN1CCCN(c2ccc(N)cc2Br)C1=O. The summed E-state index contributed by atoms with van der Waals surface area (Å²) in [6.07, 6.45) is 0.985. The maximum absolute atomic E-state index is 12.0. The molecule has 0 atom stereocenters. The molecule has 2 rings (SSSR count). The van der Waals surface area contributed by atoms with Gasteiger partial charge in [-0.1, -0.05) is 0 Å². The van der Waals surface area contributed by atoms with Crippen LogP contribution in [-0.4, -0.2) is 31.1 Å². The smallest absolute Gasteiger partial charge is 0.324 e. The van der Waals surface area contributed by atoms with Crippen LogP contribution < -0.4 is 10.6 Å². The van der Waals surface area contributed by atoms with Crippen LogP contribution in [0.4, 0.5) is 16.2 Å². The van der Waals surface area contributed by atoms with Crippen LogP contribution in [0.3, 0.4) is 0 Å². The predicted molar refractivity (Wildman–Crippen MR) is 68.5 cm³/mol. The monoisotopic (exact) mass is 283 g/mol. The van der Waals surface area contributed by atoms with Gasteiger partial charge in [-0.3, -0.25) is 4.90 Å². The molecule has 5 heteroatoms. The summed E-state index contributed by atoms with van der Waals surface area (Å²) in [5.41, 5.74) is 7.24. The Balaban J connectivity index is 2.32. The Hall–Kier alpha value is -1.23. The zero-order chi connectivity index (χ0) is 11.7. The van der Waals surface area contributed by atoms with Crippen LogP contribution in [0.2, 0.25) is 0 Å². The molecule has 0 saturated carbocycles. The van der Waals surface area contributed by atoms with Gasteiger partial charge in [0.2, 0.25) is 0 Å². The quantitative estimate of drug-likeness (QED) is 0.804. The molecule has 0 bridgehead atoms. The molecule has 0 spiro atoms. The minimum atomic E-state index is 0.0386. The molecule has 1 fully saturated rings.